The van der Waals surface area contributed by atoms with E-state index in [0.29, 0.717) is 6.54 Å². The van der Waals surface area contributed by atoms with Crippen LogP contribution in [0.5, 0.6) is 0 Å². The second-order valence-electron chi connectivity index (χ2n) is 4.12. The van der Waals surface area contributed by atoms with Crippen molar-refractivity contribution >= 4 is 0 Å². The number of hydrogen-bond donors (Lipinski definition) is 0. The molecule has 0 radical (unpaired) electrons. The second-order valence-corrected chi connectivity index (χ2v) is 4.12. The second kappa shape index (κ2) is 7.82. The zero-order chi connectivity index (χ0) is 12.4. The zero-order valence-electron chi connectivity index (χ0n) is 10.4. The molecule has 4 nitrogen and oxygen atoms in total. The molecule has 0 aliphatic carbocycles. The van der Waals surface area contributed by atoms with Crippen LogP contribution in [0, 0.1) is 28.6 Å². The molecule has 0 aromatic heterocycles. The molecular weight excluding hydrogens is 200 g/mol. The molecule has 0 aliphatic heterocycles. The quantitative estimate of drug-likeness (QED) is 0.616. The Labute approximate surface area is 98.0 Å². The summed E-state index contributed by atoms with van der Waals surface area (Å²) in [6.07, 6.45) is 3.21. The first-order valence-corrected chi connectivity index (χ1v) is 5.81. The van der Waals surface area contributed by atoms with E-state index in [2.05, 4.69) is 22.4 Å². The summed E-state index contributed by atoms with van der Waals surface area (Å²) in [5.74, 6) is 0.0541. The lowest BCUT2D eigenvalue weighted by molar-refractivity contribution is 0.496. The van der Waals surface area contributed by atoms with Gasteiger partial charge in [0.05, 0.1) is 18.7 Å². The summed E-state index contributed by atoms with van der Waals surface area (Å²) in [5.41, 5.74) is -0.691. The highest BCUT2D eigenvalue weighted by Gasteiger charge is 2.21. The lowest BCUT2D eigenvalue weighted by Gasteiger charge is -2.13. The maximum Gasteiger partial charge on any atom is 0.164 e. The first-order valence-electron chi connectivity index (χ1n) is 5.81. The average Bonchev–Trinajstić information content (AvgIpc) is 2.30. The summed E-state index contributed by atoms with van der Waals surface area (Å²) in [6.45, 7) is 6.34. The zero-order valence-corrected chi connectivity index (χ0v) is 10.4. The smallest absolute Gasteiger partial charge is 0.164 e. The van der Waals surface area contributed by atoms with Crippen LogP contribution in [0.25, 0.3) is 0 Å². The minimum atomic E-state index is -0.691. The first kappa shape index (κ1) is 14.6. The van der Waals surface area contributed by atoms with E-state index in [9.17, 15) is 0 Å². The Kier molecular flexibility index (Phi) is 7.12. The summed E-state index contributed by atoms with van der Waals surface area (Å²) in [5, 5.41) is 25.8. The highest BCUT2D eigenvalue weighted by molar-refractivity contribution is 5.02. The van der Waals surface area contributed by atoms with Crippen LogP contribution in [0.15, 0.2) is 10.2 Å². The van der Waals surface area contributed by atoms with E-state index in [1.807, 2.05) is 13.8 Å². The van der Waals surface area contributed by atoms with Crippen LogP contribution in [0.1, 0.15) is 46.5 Å². The number of nitriles is 2. The van der Waals surface area contributed by atoms with Gasteiger partial charge in [-0.25, -0.2) is 0 Å². The summed E-state index contributed by atoms with van der Waals surface area (Å²) in [7, 11) is 0. The van der Waals surface area contributed by atoms with Gasteiger partial charge in [-0.1, -0.05) is 20.3 Å². The van der Waals surface area contributed by atoms with E-state index in [1.165, 1.54) is 0 Å². The summed E-state index contributed by atoms with van der Waals surface area (Å²) in [4.78, 5) is 0. The van der Waals surface area contributed by atoms with Gasteiger partial charge in [0.1, 0.15) is 0 Å². The maximum atomic E-state index is 8.96. The highest BCUT2D eigenvalue weighted by atomic mass is 15.1. The van der Waals surface area contributed by atoms with Crippen molar-refractivity contribution in [2.75, 3.05) is 6.54 Å². The van der Waals surface area contributed by atoms with Crippen molar-refractivity contribution < 1.29 is 0 Å². The van der Waals surface area contributed by atoms with Crippen molar-refractivity contribution in [1.29, 1.82) is 10.5 Å². The number of hydrogen-bond acceptors (Lipinski definition) is 4. The number of rotatable bonds is 7. The van der Waals surface area contributed by atoms with Gasteiger partial charge in [-0.05, 0) is 26.2 Å². The van der Waals surface area contributed by atoms with Gasteiger partial charge in [-0.3, -0.25) is 0 Å². The van der Waals surface area contributed by atoms with Gasteiger partial charge in [0.25, 0.3) is 0 Å². The number of nitrogens with zero attached hydrogens (tertiary/aromatic N) is 4. The molecule has 0 amide bonds. The molecule has 0 saturated carbocycles. The topological polar surface area (TPSA) is 72.3 Å². The molecule has 0 spiro atoms. The van der Waals surface area contributed by atoms with Gasteiger partial charge in [0.15, 0.2) is 5.54 Å². The molecule has 0 N–H and O–H groups in total. The molecule has 0 fully saturated rings. The van der Waals surface area contributed by atoms with Crippen LogP contribution in [0.3, 0.4) is 0 Å². The molecule has 0 bridgehead atoms. The molecule has 16 heavy (non-hydrogen) atoms. The highest BCUT2D eigenvalue weighted by Crippen LogP contribution is 2.17. The van der Waals surface area contributed by atoms with Gasteiger partial charge < -0.3 is 0 Å². The first-order chi connectivity index (χ1) is 7.61. The molecule has 2 atom stereocenters. The molecule has 0 heterocycles. The van der Waals surface area contributed by atoms with Crippen molar-refractivity contribution in [2.24, 2.45) is 16.1 Å². The Morgan fingerprint density at radius 1 is 1.31 bits per heavy atom. The predicted molar refractivity (Wildman–Crippen MR) is 62.7 cm³/mol. The SMILES string of the molecule is CCCC(C)(C#N)N=NCCC(C#N)CC. The Hall–Kier alpha value is -1.42. The fourth-order valence-electron chi connectivity index (χ4n) is 1.39. The molecule has 0 saturated heterocycles. The molecule has 0 aromatic carbocycles. The van der Waals surface area contributed by atoms with Gasteiger partial charge in [0.2, 0.25) is 0 Å². The third-order valence-electron chi connectivity index (χ3n) is 2.52. The van der Waals surface area contributed by atoms with Crippen LogP contribution < -0.4 is 0 Å². The van der Waals surface area contributed by atoms with Gasteiger partial charge in [-0.2, -0.15) is 20.8 Å². The fourth-order valence-corrected chi connectivity index (χ4v) is 1.39. The lowest BCUT2D eigenvalue weighted by atomic mass is 10.00. The molecule has 0 rings (SSSR count). The third-order valence-corrected chi connectivity index (χ3v) is 2.52. The molecule has 2 unspecified atom stereocenters. The minimum Gasteiger partial charge on any atom is -0.198 e. The van der Waals surface area contributed by atoms with E-state index >= 15 is 0 Å². The maximum absolute atomic E-state index is 8.96. The number of azo groups is 1. The molecule has 0 aromatic rings. The minimum absolute atomic E-state index is 0.0541. The summed E-state index contributed by atoms with van der Waals surface area (Å²) in [6, 6.07) is 4.39. The normalized spacial score (nSPS) is 16.3. The Morgan fingerprint density at radius 3 is 2.44 bits per heavy atom. The Morgan fingerprint density at radius 2 is 2.00 bits per heavy atom. The van der Waals surface area contributed by atoms with Crippen molar-refractivity contribution in [2.45, 2.75) is 52.0 Å². The van der Waals surface area contributed by atoms with E-state index in [-0.39, 0.29) is 5.92 Å². The third kappa shape index (κ3) is 5.46. The van der Waals surface area contributed by atoms with Crippen LogP contribution in [0.2, 0.25) is 0 Å². The van der Waals surface area contributed by atoms with E-state index in [1.54, 1.807) is 6.92 Å². The van der Waals surface area contributed by atoms with Crippen molar-refractivity contribution in [3.63, 3.8) is 0 Å². The Bertz CT molecular complexity index is 297. The monoisotopic (exact) mass is 220 g/mol. The van der Waals surface area contributed by atoms with Gasteiger partial charge in [-0.15, -0.1) is 0 Å². The van der Waals surface area contributed by atoms with Gasteiger partial charge in [0, 0.05) is 5.92 Å². The van der Waals surface area contributed by atoms with Crippen molar-refractivity contribution in [3.05, 3.63) is 0 Å². The molecular formula is C12H20N4. The van der Waals surface area contributed by atoms with Crippen molar-refractivity contribution in [1.82, 2.24) is 0 Å². The van der Waals surface area contributed by atoms with E-state index in [0.717, 1.165) is 25.7 Å². The van der Waals surface area contributed by atoms with Crippen LogP contribution in [-0.2, 0) is 0 Å². The molecule has 4 heteroatoms. The predicted octanol–water partition coefficient (Wildman–Crippen LogP) is 3.46. The van der Waals surface area contributed by atoms with E-state index < -0.39 is 5.54 Å². The average molecular weight is 220 g/mol. The molecule has 88 valence electrons. The fraction of sp³-hybridized carbons (Fsp3) is 0.833. The standard InChI is InChI=1S/C12H20N4/c1-4-7-12(3,10-14)16-15-8-6-11(5-2)9-13/h11H,4-8H2,1-3H3. The largest absolute Gasteiger partial charge is 0.198 e. The van der Waals surface area contributed by atoms with Crippen molar-refractivity contribution in [3.8, 4) is 12.1 Å². The van der Waals surface area contributed by atoms with Crippen LogP contribution in [-0.4, -0.2) is 12.1 Å². The van der Waals surface area contributed by atoms with Gasteiger partial charge >= 0.3 is 0 Å². The summed E-state index contributed by atoms with van der Waals surface area (Å²) < 4.78 is 0. The van der Waals surface area contributed by atoms with Crippen LogP contribution in [0.4, 0.5) is 0 Å². The van der Waals surface area contributed by atoms with E-state index in [4.69, 9.17) is 10.5 Å². The summed E-state index contributed by atoms with van der Waals surface area (Å²) >= 11 is 0. The Balaban J connectivity index is 4.09. The molecule has 0 aliphatic rings. The lowest BCUT2D eigenvalue weighted by Crippen LogP contribution is -2.18. The van der Waals surface area contributed by atoms with Crippen LogP contribution >= 0.6 is 0 Å².